The van der Waals surface area contributed by atoms with E-state index >= 15 is 0 Å². The summed E-state index contributed by atoms with van der Waals surface area (Å²) in [7, 11) is 1.42. The minimum atomic E-state index is -1.13. The molecule has 0 aliphatic carbocycles. The van der Waals surface area contributed by atoms with Gasteiger partial charge in [-0.15, -0.1) is 12.4 Å². The Bertz CT molecular complexity index is 724. The molecule has 1 unspecified atom stereocenters. The molecule has 136 valence electrons. The second-order valence-electron chi connectivity index (χ2n) is 5.68. The van der Waals surface area contributed by atoms with Crippen molar-refractivity contribution < 1.29 is 13.9 Å². The molecule has 0 spiro atoms. The first-order valence-electron chi connectivity index (χ1n) is 7.50. The zero-order valence-corrected chi connectivity index (χ0v) is 16.4. The monoisotopic (exact) mass is 430 g/mol. The van der Waals surface area contributed by atoms with Crippen molar-refractivity contribution in [3.8, 4) is 5.75 Å². The van der Waals surface area contributed by atoms with Crippen molar-refractivity contribution in [2.75, 3.05) is 13.7 Å². The highest BCUT2D eigenvalue weighted by Gasteiger charge is 2.30. The Morgan fingerprint density at radius 3 is 2.48 bits per heavy atom. The van der Waals surface area contributed by atoms with Gasteiger partial charge in [-0.05, 0) is 48.7 Å². The van der Waals surface area contributed by atoms with E-state index in [1.807, 2.05) is 24.3 Å². The number of nitrogens with one attached hydrogen (secondary N) is 1. The first-order valence-corrected chi connectivity index (χ1v) is 8.29. The molecule has 2 rings (SSSR count). The lowest BCUT2D eigenvalue weighted by atomic mass is 9.92. The minimum absolute atomic E-state index is 0. The predicted molar refractivity (Wildman–Crippen MR) is 103 cm³/mol. The van der Waals surface area contributed by atoms with Gasteiger partial charge in [0.2, 0.25) is 5.91 Å². The number of ether oxygens (including phenoxy) is 1. The molecular formula is C18H21BrClFN2O2. The fourth-order valence-corrected chi connectivity index (χ4v) is 2.56. The fraction of sp³-hybridized carbons (Fsp3) is 0.278. The molecule has 0 radical (unpaired) electrons. The van der Waals surface area contributed by atoms with Crippen LogP contribution in [-0.2, 0) is 16.8 Å². The Morgan fingerprint density at radius 1 is 1.28 bits per heavy atom. The highest BCUT2D eigenvalue weighted by atomic mass is 79.9. The van der Waals surface area contributed by atoms with Crippen LogP contribution in [-0.4, -0.2) is 19.6 Å². The van der Waals surface area contributed by atoms with Gasteiger partial charge in [0, 0.05) is 11.0 Å². The van der Waals surface area contributed by atoms with Crippen LogP contribution in [0.1, 0.15) is 18.1 Å². The number of hydrogen-bond donors (Lipinski definition) is 2. The van der Waals surface area contributed by atoms with Gasteiger partial charge in [0.25, 0.3) is 0 Å². The van der Waals surface area contributed by atoms with Crippen LogP contribution in [0.15, 0.2) is 46.9 Å². The normalized spacial score (nSPS) is 12.7. The van der Waals surface area contributed by atoms with Crippen molar-refractivity contribution in [3.63, 3.8) is 0 Å². The lowest BCUT2D eigenvalue weighted by Gasteiger charge is -2.24. The van der Waals surface area contributed by atoms with Crippen molar-refractivity contribution in [2.24, 2.45) is 5.73 Å². The number of benzene rings is 2. The molecule has 0 saturated heterocycles. The second kappa shape index (κ2) is 9.17. The molecule has 1 amide bonds. The average Bonchev–Trinajstić information content (AvgIpc) is 2.55. The van der Waals surface area contributed by atoms with E-state index in [0.717, 1.165) is 15.6 Å². The van der Waals surface area contributed by atoms with E-state index < -0.39 is 11.4 Å². The Balaban J connectivity index is 0.00000312. The standard InChI is InChI=1S/C18H20BrFN2O2.ClH/c1-18(21,13-4-6-14(19)7-5-13)17(23)22-10-9-12-3-8-16(24-2)15(20)11-12;/h3-8,11H,9-10,21H2,1-2H3,(H,22,23);1H. The van der Waals surface area contributed by atoms with E-state index in [2.05, 4.69) is 21.2 Å². The summed E-state index contributed by atoms with van der Waals surface area (Å²) in [5, 5.41) is 2.80. The molecule has 4 nitrogen and oxygen atoms in total. The smallest absolute Gasteiger partial charge is 0.244 e. The van der Waals surface area contributed by atoms with Gasteiger partial charge in [-0.2, -0.15) is 0 Å². The van der Waals surface area contributed by atoms with Gasteiger partial charge in [0.05, 0.1) is 7.11 Å². The minimum Gasteiger partial charge on any atom is -0.494 e. The molecule has 3 N–H and O–H groups in total. The maximum absolute atomic E-state index is 13.6. The largest absolute Gasteiger partial charge is 0.494 e. The third kappa shape index (κ3) is 5.42. The number of carbonyl (C=O) groups excluding carboxylic acids is 1. The number of amides is 1. The molecule has 7 heteroatoms. The van der Waals surface area contributed by atoms with Crippen LogP contribution in [0.5, 0.6) is 5.75 Å². The van der Waals surface area contributed by atoms with Crippen molar-refractivity contribution in [2.45, 2.75) is 18.9 Å². The molecule has 0 heterocycles. The topological polar surface area (TPSA) is 64.3 Å². The molecule has 0 fully saturated rings. The predicted octanol–water partition coefficient (Wildman–Crippen LogP) is 3.55. The maximum Gasteiger partial charge on any atom is 0.244 e. The third-order valence-electron chi connectivity index (χ3n) is 3.83. The summed E-state index contributed by atoms with van der Waals surface area (Å²) in [4.78, 5) is 12.4. The van der Waals surface area contributed by atoms with Crippen molar-refractivity contribution in [3.05, 3.63) is 63.9 Å². The molecule has 2 aromatic rings. The van der Waals surface area contributed by atoms with Crippen LogP contribution in [0.2, 0.25) is 0 Å². The van der Waals surface area contributed by atoms with Crippen LogP contribution < -0.4 is 15.8 Å². The van der Waals surface area contributed by atoms with Gasteiger partial charge in [-0.3, -0.25) is 4.79 Å². The van der Waals surface area contributed by atoms with Gasteiger partial charge in [0.1, 0.15) is 5.54 Å². The van der Waals surface area contributed by atoms with Gasteiger partial charge >= 0.3 is 0 Å². The summed E-state index contributed by atoms with van der Waals surface area (Å²) in [5.41, 5.74) is 6.53. The number of halogens is 3. The Hall–Kier alpha value is -1.63. The van der Waals surface area contributed by atoms with Crippen LogP contribution >= 0.6 is 28.3 Å². The first kappa shape index (κ1) is 21.4. The summed E-state index contributed by atoms with van der Waals surface area (Å²) in [6.07, 6.45) is 0.503. The number of rotatable bonds is 6. The zero-order chi connectivity index (χ0) is 17.7. The van der Waals surface area contributed by atoms with Gasteiger partial charge in [-0.1, -0.05) is 34.1 Å². The number of hydrogen-bond acceptors (Lipinski definition) is 3. The molecule has 0 saturated carbocycles. The highest BCUT2D eigenvalue weighted by molar-refractivity contribution is 9.10. The lowest BCUT2D eigenvalue weighted by molar-refractivity contribution is -0.126. The van der Waals surface area contributed by atoms with Crippen LogP contribution in [0.25, 0.3) is 0 Å². The number of methoxy groups -OCH3 is 1. The van der Waals surface area contributed by atoms with Crippen molar-refractivity contribution in [1.29, 1.82) is 0 Å². The van der Waals surface area contributed by atoms with Gasteiger partial charge in [0.15, 0.2) is 11.6 Å². The van der Waals surface area contributed by atoms with E-state index in [-0.39, 0.29) is 24.1 Å². The fourth-order valence-electron chi connectivity index (χ4n) is 2.30. The maximum atomic E-state index is 13.6. The first-order chi connectivity index (χ1) is 11.3. The van der Waals surface area contributed by atoms with Crippen LogP contribution in [0.4, 0.5) is 4.39 Å². The number of carbonyl (C=O) groups is 1. The molecule has 0 bridgehead atoms. The molecule has 2 aromatic carbocycles. The molecule has 0 aliphatic heterocycles. The van der Waals surface area contributed by atoms with Crippen molar-refractivity contribution in [1.82, 2.24) is 5.32 Å². The van der Waals surface area contributed by atoms with Gasteiger partial charge in [-0.25, -0.2) is 4.39 Å². The van der Waals surface area contributed by atoms with Crippen molar-refractivity contribution >= 4 is 34.2 Å². The van der Waals surface area contributed by atoms with E-state index in [4.69, 9.17) is 10.5 Å². The third-order valence-corrected chi connectivity index (χ3v) is 4.36. The zero-order valence-electron chi connectivity index (χ0n) is 14.0. The summed E-state index contributed by atoms with van der Waals surface area (Å²) >= 11 is 3.35. The van der Waals surface area contributed by atoms with E-state index in [9.17, 15) is 9.18 Å². The lowest BCUT2D eigenvalue weighted by Crippen LogP contribution is -2.49. The Kier molecular flexibility index (Phi) is 7.86. The van der Waals surface area contributed by atoms with Crippen LogP contribution in [0.3, 0.4) is 0 Å². The van der Waals surface area contributed by atoms with Gasteiger partial charge < -0.3 is 15.8 Å². The summed E-state index contributed by atoms with van der Waals surface area (Å²) in [5.74, 6) is -0.494. The molecule has 0 aromatic heterocycles. The van der Waals surface area contributed by atoms with E-state index in [1.165, 1.54) is 13.2 Å². The Morgan fingerprint density at radius 2 is 1.92 bits per heavy atom. The summed E-state index contributed by atoms with van der Waals surface area (Å²) in [6, 6.07) is 12.0. The van der Waals surface area contributed by atoms with E-state index in [1.54, 1.807) is 19.1 Å². The molecular weight excluding hydrogens is 411 g/mol. The summed E-state index contributed by atoms with van der Waals surface area (Å²) < 4.78 is 19.4. The quantitative estimate of drug-likeness (QED) is 0.735. The second-order valence-corrected chi connectivity index (χ2v) is 6.60. The molecule has 0 aliphatic rings. The molecule has 25 heavy (non-hydrogen) atoms. The summed E-state index contributed by atoms with van der Waals surface area (Å²) in [6.45, 7) is 2.03. The highest BCUT2D eigenvalue weighted by Crippen LogP contribution is 2.21. The van der Waals surface area contributed by atoms with Crippen LogP contribution in [0, 0.1) is 5.82 Å². The SMILES string of the molecule is COc1ccc(CCNC(=O)C(C)(N)c2ccc(Br)cc2)cc1F.Cl. The van der Waals surface area contributed by atoms with E-state index in [0.29, 0.717) is 13.0 Å². The molecule has 1 atom stereocenters. The number of nitrogens with two attached hydrogens (primary N) is 1. The average molecular weight is 432 g/mol. The Labute approximate surface area is 161 Å².